The zero-order valence-electron chi connectivity index (χ0n) is 12.8. The summed E-state index contributed by atoms with van der Waals surface area (Å²) in [6, 6.07) is 1.30. The lowest BCUT2D eigenvalue weighted by atomic mass is 10.2. The summed E-state index contributed by atoms with van der Waals surface area (Å²) in [5.74, 6) is -0.852. The highest BCUT2D eigenvalue weighted by atomic mass is 32.2. The van der Waals surface area contributed by atoms with Gasteiger partial charge in [0.05, 0.1) is 18.6 Å². The van der Waals surface area contributed by atoms with Crippen molar-refractivity contribution in [2.24, 2.45) is 4.36 Å². The molecule has 0 radical (unpaired) electrons. The van der Waals surface area contributed by atoms with Crippen molar-refractivity contribution in [1.29, 1.82) is 0 Å². The van der Waals surface area contributed by atoms with E-state index in [9.17, 15) is 19.1 Å². The van der Waals surface area contributed by atoms with Crippen LogP contribution in [0.3, 0.4) is 0 Å². The molecule has 0 aliphatic heterocycles. The maximum absolute atomic E-state index is 11.7. The summed E-state index contributed by atoms with van der Waals surface area (Å²) in [5.41, 5.74) is -0.194. The van der Waals surface area contributed by atoms with Crippen molar-refractivity contribution < 1.29 is 18.7 Å². The summed E-state index contributed by atoms with van der Waals surface area (Å²) < 4.78 is 19.9. The number of aromatic nitrogens is 1. The van der Waals surface area contributed by atoms with Crippen molar-refractivity contribution >= 4 is 27.2 Å². The topological polar surface area (TPSA) is 124 Å². The van der Waals surface area contributed by atoms with Crippen LogP contribution in [0.25, 0.3) is 0 Å². The Morgan fingerprint density at radius 2 is 2.18 bits per heavy atom. The molecule has 1 N–H and O–H groups in total. The first-order valence-corrected chi connectivity index (χ1v) is 8.60. The molecule has 0 atom stereocenters. The van der Waals surface area contributed by atoms with Crippen molar-refractivity contribution in [1.82, 2.24) is 4.98 Å². The van der Waals surface area contributed by atoms with E-state index < -0.39 is 26.3 Å². The molecule has 0 fully saturated rings. The number of methoxy groups -OCH3 is 1. The van der Waals surface area contributed by atoms with Crippen LogP contribution in [0.1, 0.15) is 16.1 Å². The van der Waals surface area contributed by atoms with Crippen LogP contribution in [0.5, 0.6) is 0 Å². The van der Waals surface area contributed by atoms with E-state index in [0.717, 1.165) is 7.11 Å². The average molecular weight is 330 g/mol. The minimum Gasteiger partial charge on any atom is -0.465 e. The van der Waals surface area contributed by atoms with Crippen molar-refractivity contribution in [2.75, 3.05) is 38.0 Å². The first kappa shape index (κ1) is 17.8. The largest absolute Gasteiger partial charge is 0.465 e. The minimum atomic E-state index is -2.23. The monoisotopic (exact) mass is 330 g/mol. The SMILES string of the molecule is COC(=O)c1cc(C)nc(NCCN=S(C)(C)=O)c1[N+](=O)[O-]. The molecule has 9 nitrogen and oxygen atoms in total. The van der Waals surface area contributed by atoms with E-state index in [4.69, 9.17) is 0 Å². The van der Waals surface area contributed by atoms with Crippen LogP contribution in [0.2, 0.25) is 0 Å². The van der Waals surface area contributed by atoms with E-state index in [1.807, 2.05) is 0 Å². The van der Waals surface area contributed by atoms with Crippen LogP contribution in [0, 0.1) is 17.0 Å². The van der Waals surface area contributed by atoms with Gasteiger partial charge in [-0.3, -0.25) is 14.3 Å². The summed E-state index contributed by atoms with van der Waals surface area (Å²) in [5, 5.41) is 14.0. The third-order valence-electron chi connectivity index (χ3n) is 2.52. The number of nitrogens with zero attached hydrogens (tertiary/aromatic N) is 3. The highest BCUT2D eigenvalue weighted by Crippen LogP contribution is 2.28. The predicted octanol–water partition coefficient (Wildman–Crippen LogP) is 1.22. The number of nitro groups is 1. The van der Waals surface area contributed by atoms with Gasteiger partial charge in [-0.25, -0.2) is 14.1 Å². The first-order chi connectivity index (χ1) is 10.2. The molecular weight excluding hydrogens is 312 g/mol. The van der Waals surface area contributed by atoms with E-state index in [0.29, 0.717) is 5.69 Å². The first-order valence-electron chi connectivity index (χ1n) is 6.27. The molecule has 1 rings (SSSR count). The molecule has 0 unspecified atom stereocenters. The van der Waals surface area contributed by atoms with Crippen LogP contribution >= 0.6 is 0 Å². The van der Waals surface area contributed by atoms with E-state index in [-0.39, 0.29) is 24.5 Å². The standard InChI is InChI=1S/C12H18N4O5S/c1-8-7-9(12(17)21-2)10(16(18)19)11(15-8)13-5-6-14-22(3,4)20/h7H,5-6H2,1-4H3,(H,13,15). The highest BCUT2D eigenvalue weighted by Gasteiger charge is 2.27. The second-order valence-corrected chi connectivity index (χ2v) is 7.34. The number of pyridine rings is 1. The Balaban J connectivity index is 3.13. The molecule has 1 heterocycles. The fraction of sp³-hybridized carbons (Fsp3) is 0.500. The smallest absolute Gasteiger partial charge is 0.345 e. The second kappa shape index (κ2) is 7.16. The fourth-order valence-electron chi connectivity index (χ4n) is 1.68. The highest BCUT2D eigenvalue weighted by molar-refractivity contribution is 7.92. The van der Waals surface area contributed by atoms with Gasteiger partial charge < -0.3 is 10.1 Å². The Morgan fingerprint density at radius 3 is 2.68 bits per heavy atom. The lowest BCUT2D eigenvalue weighted by Crippen LogP contribution is -2.14. The molecule has 0 saturated carbocycles. The van der Waals surface area contributed by atoms with E-state index in [2.05, 4.69) is 19.4 Å². The molecular formula is C12H18N4O5S. The molecule has 0 amide bonds. The molecule has 10 heteroatoms. The van der Waals surface area contributed by atoms with E-state index in [1.54, 1.807) is 6.92 Å². The Bertz CT molecular complexity index is 702. The molecule has 122 valence electrons. The average Bonchev–Trinajstić information content (AvgIpc) is 2.40. The quantitative estimate of drug-likeness (QED) is 0.360. The van der Waals surface area contributed by atoms with Gasteiger partial charge in [-0.15, -0.1) is 0 Å². The third-order valence-corrected chi connectivity index (χ3v) is 3.32. The lowest BCUT2D eigenvalue weighted by Gasteiger charge is -2.09. The van der Waals surface area contributed by atoms with Gasteiger partial charge in [0.25, 0.3) is 0 Å². The van der Waals surface area contributed by atoms with Crippen molar-refractivity contribution in [3.63, 3.8) is 0 Å². The number of rotatable bonds is 6. The molecule has 1 aromatic heterocycles. The van der Waals surface area contributed by atoms with Crippen LogP contribution < -0.4 is 5.32 Å². The number of carbonyl (C=O) groups excluding carboxylic acids is 1. The van der Waals surface area contributed by atoms with Gasteiger partial charge in [-0.1, -0.05) is 0 Å². The number of aryl methyl sites for hydroxylation is 1. The molecule has 0 saturated heterocycles. The normalized spacial score (nSPS) is 10.9. The van der Waals surface area contributed by atoms with Crippen molar-refractivity contribution in [3.05, 3.63) is 27.4 Å². The number of esters is 1. The number of hydrogen-bond donors (Lipinski definition) is 1. The summed E-state index contributed by atoms with van der Waals surface area (Å²) in [4.78, 5) is 26.2. The molecule has 1 aromatic rings. The van der Waals surface area contributed by atoms with Gasteiger partial charge in [0.2, 0.25) is 5.82 Å². The Labute approximate surface area is 128 Å². The van der Waals surface area contributed by atoms with Crippen LogP contribution in [-0.4, -0.2) is 52.8 Å². The van der Waals surface area contributed by atoms with Gasteiger partial charge in [0.1, 0.15) is 5.56 Å². The zero-order valence-corrected chi connectivity index (χ0v) is 13.6. The summed E-state index contributed by atoms with van der Waals surface area (Å²) in [6.07, 6.45) is 2.99. The molecule has 0 spiro atoms. The van der Waals surface area contributed by atoms with Crippen molar-refractivity contribution in [3.8, 4) is 0 Å². The zero-order chi connectivity index (χ0) is 16.9. The van der Waals surface area contributed by atoms with E-state index >= 15 is 0 Å². The number of hydrogen-bond acceptors (Lipinski definition) is 8. The van der Waals surface area contributed by atoms with Crippen molar-refractivity contribution in [2.45, 2.75) is 6.92 Å². The van der Waals surface area contributed by atoms with Crippen LogP contribution in [0.4, 0.5) is 11.5 Å². The van der Waals surface area contributed by atoms with Gasteiger partial charge in [-0.05, 0) is 13.0 Å². The van der Waals surface area contributed by atoms with Gasteiger partial charge in [-0.2, -0.15) is 0 Å². The Morgan fingerprint density at radius 1 is 1.55 bits per heavy atom. The summed E-state index contributed by atoms with van der Waals surface area (Å²) in [7, 11) is -1.09. The second-order valence-electron chi connectivity index (χ2n) is 4.72. The Hall–Kier alpha value is -2.23. The fourth-order valence-corrected chi connectivity index (χ4v) is 2.21. The Kier molecular flexibility index (Phi) is 5.80. The summed E-state index contributed by atoms with van der Waals surface area (Å²) in [6.45, 7) is 2.01. The molecule has 0 aliphatic carbocycles. The molecule has 0 bridgehead atoms. The molecule has 0 aliphatic rings. The minimum absolute atomic E-state index is 0.0423. The number of anilines is 1. The van der Waals surface area contributed by atoms with Crippen LogP contribution in [0.15, 0.2) is 10.4 Å². The predicted molar refractivity (Wildman–Crippen MR) is 82.7 cm³/mol. The molecule has 0 aromatic carbocycles. The molecule has 22 heavy (non-hydrogen) atoms. The lowest BCUT2D eigenvalue weighted by molar-refractivity contribution is -0.384. The number of nitrogens with one attached hydrogen (secondary N) is 1. The van der Waals surface area contributed by atoms with E-state index in [1.165, 1.54) is 18.6 Å². The number of carbonyl (C=O) groups is 1. The number of ether oxygens (including phenoxy) is 1. The van der Waals surface area contributed by atoms with Gasteiger partial charge in [0, 0.05) is 34.5 Å². The maximum atomic E-state index is 11.7. The van der Waals surface area contributed by atoms with Gasteiger partial charge in [0.15, 0.2) is 0 Å². The van der Waals surface area contributed by atoms with Crippen LogP contribution in [-0.2, 0) is 14.5 Å². The third kappa shape index (κ3) is 4.95. The summed E-state index contributed by atoms with van der Waals surface area (Å²) >= 11 is 0. The maximum Gasteiger partial charge on any atom is 0.345 e. The van der Waals surface area contributed by atoms with Gasteiger partial charge >= 0.3 is 11.7 Å².